The minimum Gasteiger partial charge on any atom is -0.481 e. The number of aryl methyl sites for hydroxylation is 1. The van der Waals surface area contributed by atoms with E-state index in [1.54, 1.807) is 0 Å². The molecule has 2 rings (SSSR count). The second kappa shape index (κ2) is 5.26. The van der Waals surface area contributed by atoms with E-state index in [-0.39, 0.29) is 17.9 Å². The highest BCUT2D eigenvalue weighted by Gasteiger charge is 2.07. The van der Waals surface area contributed by atoms with Gasteiger partial charge in [-0.1, -0.05) is 19.9 Å². The fourth-order valence-corrected chi connectivity index (χ4v) is 2.11. The number of H-pyrrole nitrogens is 1. The maximum absolute atomic E-state index is 11.8. The molecule has 0 aliphatic rings. The number of aromatic nitrogens is 1. The monoisotopic (exact) mass is 259 g/mol. The minimum atomic E-state index is -0.801. The Morgan fingerprint density at radius 1 is 1.32 bits per heavy atom. The standard InChI is InChI=1S/C15H17NO3/c1-9(2)12-8-11-7-10(4-6-14(17)18)3-5-13(11)16-15(12)19/h3,5,7-9H,4,6H2,1-2H3,(H,16,19)(H,17,18). The molecule has 2 N–H and O–H groups in total. The highest BCUT2D eigenvalue weighted by molar-refractivity contribution is 5.80. The van der Waals surface area contributed by atoms with Gasteiger partial charge in [-0.2, -0.15) is 0 Å². The molecule has 0 fully saturated rings. The normalized spacial score (nSPS) is 11.1. The minimum absolute atomic E-state index is 0.0548. The number of benzene rings is 1. The van der Waals surface area contributed by atoms with Gasteiger partial charge in [0.15, 0.2) is 0 Å². The molecular weight excluding hydrogens is 242 g/mol. The van der Waals surface area contributed by atoms with Gasteiger partial charge in [-0.3, -0.25) is 9.59 Å². The summed E-state index contributed by atoms with van der Waals surface area (Å²) in [6.45, 7) is 3.95. The Morgan fingerprint density at radius 3 is 2.68 bits per heavy atom. The molecule has 19 heavy (non-hydrogen) atoms. The van der Waals surface area contributed by atoms with Crippen LogP contribution in [0.5, 0.6) is 0 Å². The van der Waals surface area contributed by atoms with E-state index in [1.165, 1.54) is 0 Å². The number of nitrogens with one attached hydrogen (secondary N) is 1. The van der Waals surface area contributed by atoms with Crippen molar-refractivity contribution in [2.24, 2.45) is 0 Å². The Balaban J connectivity index is 2.43. The van der Waals surface area contributed by atoms with E-state index >= 15 is 0 Å². The third-order valence-electron chi connectivity index (χ3n) is 3.19. The average molecular weight is 259 g/mol. The number of carboxylic acids is 1. The van der Waals surface area contributed by atoms with E-state index in [0.717, 1.165) is 22.0 Å². The molecule has 0 radical (unpaired) electrons. The number of carbonyl (C=O) groups is 1. The summed E-state index contributed by atoms with van der Waals surface area (Å²) in [5, 5.41) is 9.64. The number of fused-ring (bicyclic) bond motifs is 1. The third kappa shape index (κ3) is 3.02. The van der Waals surface area contributed by atoms with Crippen molar-refractivity contribution in [3.05, 3.63) is 45.7 Å². The average Bonchev–Trinajstić information content (AvgIpc) is 2.35. The maximum atomic E-state index is 11.8. The second-order valence-electron chi connectivity index (χ2n) is 5.02. The molecule has 0 amide bonds. The summed E-state index contributed by atoms with van der Waals surface area (Å²) in [7, 11) is 0. The number of pyridine rings is 1. The van der Waals surface area contributed by atoms with Crippen LogP contribution in [0.3, 0.4) is 0 Å². The first kappa shape index (κ1) is 13.3. The Kier molecular flexibility index (Phi) is 3.69. The molecule has 1 aromatic heterocycles. The maximum Gasteiger partial charge on any atom is 0.303 e. The van der Waals surface area contributed by atoms with E-state index in [4.69, 9.17) is 5.11 Å². The van der Waals surface area contributed by atoms with E-state index in [2.05, 4.69) is 4.98 Å². The van der Waals surface area contributed by atoms with E-state index in [9.17, 15) is 9.59 Å². The lowest BCUT2D eigenvalue weighted by atomic mass is 10.0. The first-order valence-electron chi connectivity index (χ1n) is 6.35. The summed E-state index contributed by atoms with van der Waals surface area (Å²) < 4.78 is 0. The van der Waals surface area contributed by atoms with Crippen LogP contribution in [-0.2, 0) is 11.2 Å². The number of aliphatic carboxylic acids is 1. The lowest BCUT2D eigenvalue weighted by Gasteiger charge is -2.07. The van der Waals surface area contributed by atoms with Gasteiger partial charge in [-0.15, -0.1) is 0 Å². The summed E-state index contributed by atoms with van der Waals surface area (Å²) in [5.74, 6) is -0.639. The van der Waals surface area contributed by atoms with Crippen LogP contribution in [0.25, 0.3) is 10.9 Å². The largest absolute Gasteiger partial charge is 0.481 e. The molecule has 0 spiro atoms. The van der Waals surface area contributed by atoms with Gasteiger partial charge in [0.1, 0.15) is 0 Å². The zero-order valence-corrected chi connectivity index (χ0v) is 11.1. The first-order valence-corrected chi connectivity index (χ1v) is 6.35. The SMILES string of the molecule is CC(C)c1cc2cc(CCC(=O)O)ccc2[nH]c1=O. The van der Waals surface area contributed by atoms with Crippen LogP contribution in [0, 0.1) is 0 Å². The fraction of sp³-hybridized carbons (Fsp3) is 0.333. The lowest BCUT2D eigenvalue weighted by molar-refractivity contribution is -0.136. The van der Waals surface area contributed by atoms with Crippen molar-refractivity contribution < 1.29 is 9.90 Å². The van der Waals surface area contributed by atoms with Crippen molar-refractivity contribution in [2.75, 3.05) is 0 Å². The van der Waals surface area contributed by atoms with E-state index in [0.29, 0.717) is 6.42 Å². The van der Waals surface area contributed by atoms with Gasteiger partial charge in [0.2, 0.25) is 0 Å². The highest BCUT2D eigenvalue weighted by atomic mass is 16.4. The Hall–Kier alpha value is -2.10. The van der Waals surface area contributed by atoms with Crippen LogP contribution in [0.15, 0.2) is 29.1 Å². The summed E-state index contributed by atoms with van der Waals surface area (Å²) in [4.78, 5) is 25.3. The van der Waals surface area contributed by atoms with Crippen molar-refractivity contribution in [3.63, 3.8) is 0 Å². The number of rotatable bonds is 4. The van der Waals surface area contributed by atoms with Gasteiger partial charge in [0.05, 0.1) is 0 Å². The Morgan fingerprint density at radius 2 is 2.05 bits per heavy atom. The Bertz CT molecular complexity index is 671. The molecule has 0 aliphatic heterocycles. The van der Waals surface area contributed by atoms with Gasteiger partial charge in [0, 0.05) is 17.5 Å². The number of hydrogen-bond acceptors (Lipinski definition) is 2. The summed E-state index contributed by atoms with van der Waals surface area (Å²) in [5.41, 5.74) is 2.45. The third-order valence-corrected chi connectivity index (χ3v) is 3.19. The van der Waals surface area contributed by atoms with E-state index in [1.807, 2.05) is 38.1 Å². The van der Waals surface area contributed by atoms with Crippen molar-refractivity contribution in [2.45, 2.75) is 32.6 Å². The molecule has 0 unspecified atom stereocenters. The Labute approximate surface area is 111 Å². The number of carboxylic acid groups (broad SMARTS) is 1. The van der Waals surface area contributed by atoms with Crippen LogP contribution in [-0.4, -0.2) is 16.1 Å². The molecule has 0 aliphatic carbocycles. The zero-order chi connectivity index (χ0) is 14.0. The van der Waals surface area contributed by atoms with Gasteiger partial charge in [-0.05, 0) is 41.5 Å². The van der Waals surface area contributed by atoms with Gasteiger partial charge in [-0.25, -0.2) is 0 Å². The quantitative estimate of drug-likeness (QED) is 0.886. The van der Waals surface area contributed by atoms with Gasteiger partial charge in [0.25, 0.3) is 5.56 Å². The molecular formula is C15H17NO3. The van der Waals surface area contributed by atoms with Crippen LogP contribution < -0.4 is 5.56 Å². The van der Waals surface area contributed by atoms with Crippen molar-refractivity contribution >= 4 is 16.9 Å². The van der Waals surface area contributed by atoms with E-state index < -0.39 is 5.97 Å². The van der Waals surface area contributed by atoms with Gasteiger partial charge >= 0.3 is 5.97 Å². The number of hydrogen-bond donors (Lipinski definition) is 2. The second-order valence-corrected chi connectivity index (χ2v) is 5.02. The molecule has 0 bridgehead atoms. The highest BCUT2D eigenvalue weighted by Crippen LogP contribution is 2.18. The molecule has 1 aromatic carbocycles. The van der Waals surface area contributed by atoms with Crippen molar-refractivity contribution in [1.29, 1.82) is 0 Å². The van der Waals surface area contributed by atoms with Gasteiger partial charge < -0.3 is 10.1 Å². The molecule has 4 nitrogen and oxygen atoms in total. The number of aromatic amines is 1. The molecule has 0 atom stereocenters. The smallest absolute Gasteiger partial charge is 0.303 e. The lowest BCUT2D eigenvalue weighted by Crippen LogP contribution is -2.13. The zero-order valence-electron chi connectivity index (χ0n) is 11.1. The van der Waals surface area contributed by atoms with Crippen LogP contribution >= 0.6 is 0 Å². The predicted octanol–water partition coefficient (Wildman–Crippen LogP) is 2.67. The van der Waals surface area contributed by atoms with Crippen LogP contribution in [0.4, 0.5) is 0 Å². The predicted molar refractivity (Wildman–Crippen MR) is 74.6 cm³/mol. The topological polar surface area (TPSA) is 70.2 Å². The van der Waals surface area contributed by atoms with Crippen molar-refractivity contribution in [3.8, 4) is 0 Å². The molecule has 0 saturated heterocycles. The summed E-state index contributed by atoms with van der Waals surface area (Å²) in [6.07, 6.45) is 0.618. The summed E-state index contributed by atoms with van der Waals surface area (Å²) >= 11 is 0. The first-order chi connectivity index (χ1) is 8.97. The van der Waals surface area contributed by atoms with Crippen LogP contribution in [0.2, 0.25) is 0 Å². The van der Waals surface area contributed by atoms with Crippen molar-refractivity contribution in [1.82, 2.24) is 4.98 Å². The fourth-order valence-electron chi connectivity index (χ4n) is 2.11. The van der Waals surface area contributed by atoms with Crippen LogP contribution in [0.1, 0.15) is 37.3 Å². The molecule has 100 valence electrons. The molecule has 1 heterocycles. The molecule has 2 aromatic rings. The molecule has 0 saturated carbocycles. The summed E-state index contributed by atoms with van der Waals surface area (Å²) in [6, 6.07) is 7.53. The molecule has 4 heteroatoms.